The largest absolute Gasteiger partial charge is 0.508 e. The number of halogens is 2. The van der Waals surface area contributed by atoms with Gasteiger partial charge in [-0.3, -0.25) is 10.1 Å². The van der Waals surface area contributed by atoms with Crippen molar-refractivity contribution in [2.75, 3.05) is 75.3 Å². The quantitative estimate of drug-likeness (QED) is 0.0151. The van der Waals surface area contributed by atoms with Gasteiger partial charge < -0.3 is 159 Å². The van der Waals surface area contributed by atoms with Crippen LogP contribution in [0.3, 0.4) is 0 Å². The molecule has 11 fully saturated rings. The summed E-state index contributed by atoms with van der Waals surface area (Å²) >= 11 is 12.9. The maximum Gasteiger partial charge on any atom is 0.342 e. The summed E-state index contributed by atoms with van der Waals surface area (Å²) in [6.07, 6.45) is -38.6. The lowest BCUT2D eigenvalue weighted by Gasteiger charge is -2.50. The molecule has 7 N–H and O–H groups in total. The molecule has 11 saturated heterocycles. The number of nitrogens with zero attached hydrogens (tertiary/aromatic N) is 4. The Kier molecular flexibility index (Phi) is 26.7. The summed E-state index contributed by atoms with van der Waals surface area (Å²) in [5.41, 5.74) is 5.60. The number of benzene rings is 2. The van der Waals surface area contributed by atoms with Crippen molar-refractivity contribution in [1.29, 1.82) is 0 Å². The molecule has 2 aromatic rings. The molecular formula is C72H100Cl2N4O37. The van der Waals surface area contributed by atoms with Crippen LogP contribution >= 0.6 is 23.2 Å². The average Bonchev–Trinajstić information content (AvgIpc) is 1.57. The minimum atomic E-state index is -2.06. The van der Waals surface area contributed by atoms with Crippen LogP contribution in [0.4, 0.5) is 0 Å². The van der Waals surface area contributed by atoms with Crippen molar-refractivity contribution in [3.63, 3.8) is 0 Å². The predicted octanol–water partition coefficient (Wildman–Crippen LogP) is 2.87. The van der Waals surface area contributed by atoms with Crippen molar-refractivity contribution in [3.8, 4) is 23.0 Å². The van der Waals surface area contributed by atoms with Gasteiger partial charge in [-0.15, -0.1) is 0 Å². The minimum Gasteiger partial charge on any atom is -0.508 e. The lowest BCUT2D eigenvalue weighted by Crippen LogP contribution is -2.68. The van der Waals surface area contributed by atoms with E-state index >= 15 is 0 Å². The molecule has 2 aromatic carbocycles. The second-order valence-electron chi connectivity index (χ2n) is 30.8. The van der Waals surface area contributed by atoms with E-state index in [-0.39, 0.29) is 103 Å². The average molecular weight is 1680 g/mol. The zero-order valence-electron chi connectivity index (χ0n) is 65.3. The number of phenols is 3. The predicted molar refractivity (Wildman–Crippen MR) is 379 cm³/mol. The first kappa shape index (κ1) is 87.6. The molecule has 0 aliphatic carbocycles. The number of aryl methyl sites for hydroxylation is 1. The molecule has 0 unspecified atom stereocenters. The number of rotatable bonds is 24. The lowest BCUT2D eigenvalue weighted by molar-refractivity contribution is -0.595. The van der Waals surface area contributed by atoms with E-state index in [9.17, 15) is 55.4 Å². The lowest BCUT2D eigenvalue weighted by atomic mass is 9.81. The van der Waals surface area contributed by atoms with Gasteiger partial charge in [0, 0.05) is 70.1 Å². The Balaban J connectivity index is 0.671. The number of azide groups is 1. The number of methoxy groups -OCH3 is 5. The maximum absolute atomic E-state index is 14.4. The molecule has 35 atom stereocenters. The maximum atomic E-state index is 14.4. The van der Waals surface area contributed by atoms with Crippen LogP contribution in [-0.4, -0.2) is 335 Å². The first-order chi connectivity index (χ1) is 54.6. The van der Waals surface area contributed by atoms with Gasteiger partial charge in [0.2, 0.25) is 0 Å². The molecule has 0 aromatic heterocycles. The standard InChI is InChI=1S/C72H100Cl2N4O37/c1-26-17-33(79)18-34(80)42(26)63(86)105-39-24-99-72(62-54(39)97-25-98-62)112-40-23-96-66(58(53(40)113-72)95-16-15-76-77-75)110-67-57(93-13)48(83)52(38(106-67)22-90-10)108-65-49(84)56(51(91-11)30(5)102-65)109-68-59(85)70(9)61(32(7)103-68)114-71(115-70)20-35(81)44(28(3)111-71)36-19-37(104-41-21-69(8,78(88)89)60(94-14)31(6)101-41)50(29(4)100-36)107-64(87)43-27(2)45(73)47(82)46(74)55(43)92-12/h17-18,28-32,35-41,44,48-54,56-62,65-68,79-85H,15-16,19-25H2,1-14H3/t28-,29-,30-,31+,32-,35-,36-,37-,38-,39-,40+,41+,44-,48+,49-,50-,51+,52-,53-,54+,56-,57+,58-,59-,60+,61-,62-,65+,66+,67+,68+,69-,70-,71-,72-/m1/s1. The number of carbonyl (C=O) groups excluding carboxylic acids is 2. The number of fused-ring (bicyclic) bond motifs is 4. The SMILES string of the molecule is COC[C@H]1O[C@@H](O[C@@H]2OC[C@@H]3O[C@@]4(OC[C@@H](OC(=O)c5c(C)cc(O)cc5O)[C@@H]5OCO[C@H]54)O[C@H]3[C@H]2OCCN=[N+]=[N-])[C@@H](OC)[C@@H](O)[C@@H]1O[C@@H]1O[C@H](C)[C@H](OC)[C@H](O[C@@H]2O[C@H](C)[C@H]3O[C@]4(C[C@@H](O)[C@H]([C@H]5C[C@@H](O[C@H]6C[C@@](C)([N+](=O)[O-])[C@@H](OC)[C@H](C)O6)[C@H](OC(=O)c6c(C)c(Cl)c(O)c(Cl)c6OC)[C@@H](C)O5)[C@@H](C)O4)O[C@]3(C)[C@@H]2O)[C@H]1O. The van der Waals surface area contributed by atoms with Crippen molar-refractivity contribution < 1.29 is 173 Å². The van der Waals surface area contributed by atoms with Crippen molar-refractivity contribution >= 4 is 35.1 Å². The summed E-state index contributed by atoms with van der Waals surface area (Å²) < 4.78 is 162. The van der Waals surface area contributed by atoms with Gasteiger partial charge >= 0.3 is 17.9 Å². The van der Waals surface area contributed by atoms with E-state index < -0.39 is 241 Å². The van der Waals surface area contributed by atoms with Crippen LogP contribution in [0.2, 0.25) is 10.0 Å². The molecule has 2 spiro atoms. The van der Waals surface area contributed by atoms with E-state index in [4.69, 9.17) is 152 Å². The first-order valence-electron chi connectivity index (χ1n) is 37.7. The van der Waals surface area contributed by atoms with Crippen LogP contribution in [0.25, 0.3) is 10.4 Å². The number of aliphatic hydroxyl groups excluding tert-OH is 4. The van der Waals surface area contributed by atoms with Crippen LogP contribution in [0.5, 0.6) is 23.0 Å². The molecule has 13 rings (SSSR count). The van der Waals surface area contributed by atoms with Gasteiger partial charge in [-0.2, -0.15) is 0 Å². The van der Waals surface area contributed by atoms with E-state index in [1.807, 2.05) is 0 Å². The zero-order valence-corrected chi connectivity index (χ0v) is 66.9. The van der Waals surface area contributed by atoms with Gasteiger partial charge in [-0.1, -0.05) is 28.3 Å². The molecule has 0 amide bonds. The van der Waals surface area contributed by atoms with Crippen LogP contribution < -0.4 is 4.74 Å². The van der Waals surface area contributed by atoms with E-state index in [1.54, 1.807) is 41.5 Å². The van der Waals surface area contributed by atoms with Crippen LogP contribution in [0.1, 0.15) is 99.6 Å². The number of ether oxygens (including phenoxy) is 26. The highest BCUT2D eigenvalue weighted by molar-refractivity contribution is 6.39. The van der Waals surface area contributed by atoms with Crippen LogP contribution in [0.15, 0.2) is 17.2 Å². The van der Waals surface area contributed by atoms with Crippen molar-refractivity contribution in [2.45, 2.75) is 289 Å². The Morgan fingerprint density at radius 1 is 0.678 bits per heavy atom. The summed E-state index contributed by atoms with van der Waals surface area (Å²) in [6, 6.07) is 2.29. The molecule has 0 bridgehead atoms. The van der Waals surface area contributed by atoms with E-state index in [2.05, 4.69) is 10.0 Å². The Hall–Kier alpha value is -5.21. The third kappa shape index (κ3) is 16.4. The topological polar surface area (TPSA) is 508 Å². The molecule has 115 heavy (non-hydrogen) atoms. The van der Waals surface area contributed by atoms with Gasteiger partial charge in [0.25, 0.3) is 11.5 Å². The molecule has 0 saturated carbocycles. The fourth-order valence-corrected chi connectivity index (χ4v) is 18.4. The number of carbonyl (C=O) groups is 2. The highest BCUT2D eigenvalue weighted by Crippen LogP contribution is 2.54. The summed E-state index contributed by atoms with van der Waals surface area (Å²) in [5.74, 6) is -8.46. The number of aliphatic hydroxyl groups is 4. The summed E-state index contributed by atoms with van der Waals surface area (Å²) in [7, 11) is 6.56. The monoisotopic (exact) mass is 1680 g/mol. The Labute approximate surface area is 669 Å². The van der Waals surface area contributed by atoms with Gasteiger partial charge in [-0.25, -0.2) is 9.59 Å². The van der Waals surface area contributed by atoms with Crippen LogP contribution in [-0.2, 0) is 118 Å². The second kappa shape index (κ2) is 35.1. The van der Waals surface area contributed by atoms with Gasteiger partial charge in [0.1, 0.15) is 125 Å². The normalized spacial score (nSPS) is 44.4. The number of aromatic hydroxyl groups is 3. The number of hydrogen-bond acceptors (Lipinski definition) is 38. The molecule has 41 nitrogen and oxygen atoms in total. The molecule has 644 valence electrons. The molecule has 11 heterocycles. The Morgan fingerprint density at radius 2 is 1.39 bits per heavy atom. The molecule has 0 radical (unpaired) electrons. The Bertz CT molecular complexity index is 3820. The van der Waals surface area contributed by atoms with Crippen molar-refractivity contribution in [3.05, 3.63) is 65.0 Å². The van der Waals surface area contributed by atoms with E-state index in [0.717, 1.165) is 6.07 Å². The smallest absolute Gasteiger partial charge is 0.342 e. The number of esters is 2. The highest BCUT2D eigenvalue weighted by atomic mass is 35.5. The molecule has 11 aliphatic rings. The molecule has 11 aliphatic heterocycles. The van der Waals surface area contributed by atoms with Crippen LogP contribution in [0, 0.1) is 29.9 Å². The first-order valence-corrected chi connectivity index (χ1v) is 38.4. The fraction of sp³-hybridized carbons (Fsp3) is 0.806. The fourth-order valence-electron chi connectivity index (χ4n) is 17.9. The van der Waals surface area contributed by atoms with E-state index in [0.29, 0.717) is 0 Å². The summed E-state index contributed by atoms with van der Waals surface area (Å²) in [6.45, 7) is 12.5. The third-order valence-corrected chi connectivity index (χ3v) is 24.2. The van der Waals surface area contributed by atoms with Crippen molar-refractivity contribution in [1.82, 2.24) is 0 Å². The van der Waals surface area contributed by atoms with Crippen molar-refractivity contribution in [2.24, 2.45) is 11.0 Å². The summed E-state index contributed by atoms with van der Waals surface area (Å²) in [4.78, 5) is 43.0. The minimum absolute atomic E-state index is 0.0734. The molecule has 43 heteroatoms. The van der Waals surface area contributed by atoms with E-state index in [1.165, 1.54) is 62.4 Å². The van der Waals surface area contributed by atoms with Gasteiger partial charge in [0.05, 0.1) is 94.1 Å². The second-order valence-corrected chi connectivity index (χ2v) is 31.5. The summed E-state index contributed by atoms with van der Waals surface area (Å²) in [5, 5.41) is 96.9. The van der Waals surface area contributed by atoms with Gasteiger partial charge in [0.15, 0.2) is 67.4 Å². The number of phenolic OH excluding ortho intramolecular Hbond substituents is 3. The number of nitro groups is 1. The molecular weight excluding hydrogens is 1580 g/mol. The Morgan fingerprint density at radius 3 is 2.07 bits per heavy atom. The third-order valence-electron chi connectivity index (χ3n) is 23.4. The van der Waals surface area contributed by atoms with Gasteiger partial charge in [-0.05, 0) is 78.1 Å². The zero-order chi connectivity index (χ0) is 83.0. The number of hydrogen-bond donors (Lipinski definition) is 7. The highest BCUT2D eigenvalue weighted by Gasteiger charge is 2.71.